The first-order chi connectivity index (χ1) is 16.7. The predicted molar refractivity (Wildman–Crippen MR) is 142 cm³/mol. The second-order valence-electron chi connectivity index (χ2n) is 13.8. The first-order valence-corrected chi connectivity index (χ1v) is 16.1. The third-order valence-corrected chi connectivity index (χ3v) is 12.4. The molecular weight excluding hydrogens is 474 g/mol. The normalized spacial score (nSPS) is 40.2. The van der Waals surface area contributed by atoms with Crippen LogP contribution in [0.2, 0.25) is 0 Å². The van der Waals surface area contributed by atoms with Crippen LogP contribution in [0.25, 0.3) is 0 Å². The van der Waals surface area contributed by atoms with Gasteiger partial charge >= 0.3 is 0 Å². The van der Waals surface area contributed by atoms with E-state index in [2.05, 4.69) is 26.1 Å². The van der Waals surface area contributed by atoms with E-state index < -0.39 is 21.9 Å². The van der Waals surface area contributed by atoms with Crippen molar-refractivity contribution in [3.8, 4) is 0 Å². The van der Waals surface area contributed by atoms with E-state index in [1.165, 1.54) is 38.5 Å². The molecule has 0 aromatic carbocycles. The Balaban J connectivity index is 1.36. The molecule has 0 bridgehead atoms. The van der Waals surface area contributed by atoms with Crippen LogP contribution in [0.3, 0.4) is 0 Å². The van der Waals surface area contributed by atoms with Crippen molar-refractivity contribution in [2.45, 2.75) is 111 Å². The van der Waals surface area contributed by atoms with E-state index in [4.69, 9.17) is 0 Å². The summed E-state index contributed by atoms with van der Waals surface area (Å²) < 4.78 is 31.9. The van der Waals surface area contributed by atoms with Crippen molar-refractivity contribution in [1.82, 2.24) is 5.32 Å². The first kappa shape index (κ1) is 28.1. The highest BCUT2D eigenvalue weighted by Crippen LogP contribution is 2.68. The number of amides is 1. The van der Waals surface area contributed by atoms with Crippen LogP contribution in [0.5, 0.6) is 0 Å². The number of carbonyl (C=O) groups excluding carboxylic acids is 2. The zero-order chi connectivity index (χ0) is 26.5. The zero-order valence-electron chi connectivity index (χ0n) is 23.1. The van der Waals surface area contributed by atoms with Gasteiger partial charge in [-0.1, -0.05) is 34.6 Å². The molecule has 0 aliphatic heterocycles. The smallest absolute Gasteiger partial charge is 0.266 e. The Bertz CT molecular complexity index is 947. The summed E-state index contributed by atoms with van der Waals surface area (Å²) in [5, 5.41) is 2.85. The van der Waals surface area contributed by atoms with Gasteiger partial charge in [0.2, 0.25) is 5.91 Å². The summed E-state index contributed by atoms with van der Waals surface area (Å²) in [5.74, 6) is 3.81. The van der Waals surface area contributed by atoms with Gasteiger partial charge in [0.1, 0.15) is 5.78 Å². The number of nitrogens with one attached hydrogen (secondary N) is 1. The van der Waals surface area contributed by atoms with Gasteiger partial charge in [-0.3, -0.25) is 14.1 Å². The molecule has 0 heterocycles. The summed E-state index contributed by atoms with van der Waals surface area (Å²) in [6, 6.07) is -0.571. The Morgan fingerprint density at radius 2 is 1.72 bits per heavy atom. The van der Waals surface area contributed by atoms with Crippen molar-refractivity contribution in [3.05, 3.63) is 0 Å². The molecule has 4 rings (SSSR count). The van der Waals surface area contributed by atoms with E-state index in [0.717, 1.165) is 43.4 Å². The van der Waals surface area contributed by atoms with Crippen LogP contribution >= 0.6 is 0 Å². The molecule has 7 heteroatoms. The summed E-state index contributed by atoms with van der Waals surface area (Å²) in [7, 11) is -4.14. The maximum atomic E-state index is 12.7. The quantitative estimate of drug-likeness (QED) is 0.400. The van der Waals surface area contributed by atoms with Crippen molar-refractivity contribution < 1.29 is 22.6 Å². The van der Waals surface area contributed by atoms with Gasteiger partial charge < -0.3 is 5.32 Å². The highest BCUT2D eigenvalue weighted by molar-refractivity contribution is 7.85. The van der Waals surface area contributed by atoms with E-state index in [1.807, 2.05) is 13.8 Å². The van der Waals surface area contributed by atoms with E-state index in [0.29, 0.717) is 40.8 Å². The minimum atomic E-state index is -4.14. The molecular formula is C29H49NO5S. The van der Waals surface area contributed by atoms with Gasteiger partial charge in [0, 0.05) is 25.3 Å². The molecule has 206 valence electrons. The number of fused-ring (bicyclic) bond motifs is 5. The Hall–Kier alpha value is -0.950. The third-order valence-electron chi connectivity index (χ3n) is 11.6. The van der Waals surface area contributed by atoms with Crippen molar-refractivity contribution in [2.24, 2.45) is 52.3 Å². The molecule has 6 nitrogen and oxygen atoms in total. The zero-order valence-corrected chi connectivity index (χ0v) is 23.9. The molecule has 4 aliphatic rings. The molecule has 0 aromatic rings. The van der Waals surface area contributed by atoms with E-state index in [-0.39, 0.29) is 11.8 Å². The fraction of sp³-hybridized carbons (Fsp3) is 0.931. The SMILES string of the molecule is CC(C)C(CS(=O)(=O)O)NC(=O)CCC(C)C1CCC2C3CCC4CC(=O)CCC4(C)C3CCC12C. The van der Waals surface area contributed by atoms with Crippen LogP contribution in [0.4, 0.5) is 0 Å². The maximum absolute atomic E-state index is 12.7. The fourth-order valence-electron chi connectivity index (χ4n) is 9.49. The fourth-order valence-corrected chi connectivity index (χ4v) is 10.4. The van der Waals surface area contributed by atoms with Gasteiger partial charge in [0.05, 0.1) is 5.75 Å². The Morgan fingerprint density at radius 1 is 1.03 bits per heavy atom. The second-order valence-corrected chi connectivity index (χ2v) is 15.3. The molecule has 0 radical (unpaired) electrons. The lowest BCUT2D eigenvalue weighted by atomic mass is 9.44. The Labute approximate surface area is 218 Å². The molecule has 4 fully saturated rings. The molecule has 4 saturated carbocycles. The summed E-state index contributed by atoms with van der Waals surface area (Å²) in [5.41, 5.74) is 0.672. The molecule has 2 N–H and O–H groups in total. The average molecular weight is 524 g/mol. The van der Waals surface area contributed by atoms with Crippen LogP contribution < -0.4 is 5.32 Å². The van der Waals surface area contributed by atoms with Gasteiger partial charge in [-0.2, -0.15) is 8.42 Å². The summed E-state index contributed by atoms with van der Waals surface area (Å²) in [6.45, 7) is 11.0. The molecule has 4 aliphatic carbocycles. The van der Waals surface area contributed by atoms with Gasteiger partial charge in [-0.25, -0.2) is 0 Å². The van der Waals surface area contributed by atoms with Gasteiger partial charge in [0.25, 0.3) is 10.1 Å². The summed E-state index contributed by atoms with van der Waals surface area (Å²) >= 11 is 0. The number of carbonyl (C=O) groups is 2. The summed E-state index contributed by atoms with van der Waals surface area (Å²) in [4.78, 5) is 24.9. The predicted octanol–water partition coefficient (Wildman–Crippen LogP) is 5.66. The molecule has 36 heavy (non-hydrogen) atoms. The largest absolute Gasteiger partial charge is 0.352 e. The van der Waals surface area contributed by atoms with Gasteiger partial charge in [-0.05, 0) is 104 Å². The van der Waals surface area contributed by atoms with Crippen molar-refractivity contribution >= 4 is 21.8 Å². The van der Waals surface area contributed by atoms with Crippen LogP contribution in [0, 0.1) is 52.3 Å². The standard InChI is InChI=1S/C29H49NO5S/c1-18(2)26(17-36(33,34)35)30-27(32)11-6-19(3)23-9-10-24-22-8-7-20-16-21(31)12-14-28(20,4)25(22)13-15-29(23,24)5/h18-20,22-26H,6-17H2,1-5H3,(H,30,32)(H,33,34,35). The number of Topliss-reactive ketones (excluding diaryl/α,β-unsaturated/α-hetero) is 1. The van der Waals surface area contributed by atoms with Crippen LogP contribution in [-0.2, 0) is 19.7 Å². The lowest BCUT2D eigenvalue weighted by Gasteiger charge is -2.60. The molecule has 9 unspecified atom stereocenters. The Kier molecular flexibility index (Phi) is 8.04. The molecule has 1 amide bonds. The van der Waals surface area contributed by atoms with Crippen molar-refractivity contribution in [2.75, 3.05) is 5.75 Å². The number of hydrogen-bond acceptors (Lipinski definition) is 4. The van der Waals surface area contributed by atoms with Gasteiger partial charge in [0.15, 0.2) is 0 Å². The van der Waals surface area contributed by atoms with E-state index >= 15 is 0 Å². The monoisotopic (exact) mass is 523 g/mol. The van der Waals surface area contributed by atoms with Crippen molar-refractivity contribution in [1.29, 1.82) is 0 Å². The Morgan fingerprint density at radius 3 is 2.39 bits per heavy atom. The molecule has 0 spiro atoms. The van der Waals surface area contributed by atoms with Crippen LogP contribution in [0.1, 0.15) is 105 Å². The van der Waals surface area contributed by atoms with E-state index in [1.54, 1.807) is 0 Å². The average Bonchev–Trinajstić information content (AvgIpc) is 3.14. The topological polar surface area (TPSA) is 101 Å². The van der Waals surface area contributed by atoms with Crippen molar-refractivity contribution in [3.63, 3.8) is 0 Å². The van der Waals surface area contributed by atoms with E-state index in [9.17, 15) is 22.6 Å². The second kappa shape index (κ2) is 10.3. The number of rotatable bonds is 8. The maximum Gasteiger partial charge on any atom is 0.266 e. The first-order valence-electron chi connectivity index (χ1n) is 14.5. The van der Waals surface area contributed by atoms with Crippen LogP contribution in [-0.4, -0.2) is 36.5 Å². The molecule has 0 aromatic heterocycles. The highest BCUT2D eigenvalue weighted by atomic mass is 32.2. The van der Waals surface area contributed by atoms with Crippen LogP contribution in [0.15, 0.2) is 0 Å². The van der Waals surface area contributed by atoms with Gasteiger partial charge in [-0.15, -0.1) is 0 Å². The number of ketones is 1. The lowest BCUT2D eigenvalue weighted by Crippen LogP contribution is -2.53. The minimum absolute atomic E-state index is 0.0720. The number of hydrogen-bond donors (Lipinski definition) is 2. The summed E-state index contributed by atoms with van der Waals surface area (Å²) in [6.07, 6.45) is 11.5. The highest BCUT2D eigenvalue weighted by Gasteiger charge is 2.60. The molecule has 0 saturated heterocycles. The minimum Gasteiger partial charge on any atom is -0.352 e. The third kappa shape index (κ3) is 5.43. The lowest BCUT2D eigenvalue weighted by molar-refractivity contribution is -0.140. The molecule has 9 atom stereocenters.